The van der Waals surface area contributed by atoms with Crippen LogP contribution < -0.4 is 10.2 Å². The predicted octanol–water partition coefficient (Wildman–Crippen LogP) is 3.25. The van der Waals surface area contributed by atoms with Crippen LogP contribution in [0.2, 0.25) is 0 Å². The number of nitrogens with one attached hydrogen (secondary N) is 1. The van der Waals surface area contributed by atoms with Gasteiger partial charge in [0, 0.05) is 18.3 Å². The number of anilines is 2. The van der Waals surface area contributed by atoms with Gasteiger partial charge < -0.3 is 15.3 Å². The lowest BCUT2D eigenvalue weighted by Crippen LogP contribution is -2.49. The molecule has 2 aromatic rings. The molecule has 0 radical (unpaired) electrons. The van der Waals surface area contributed by atoms with E-state index in [2.05, 4.69) is 67.2 Å². The molecule has 3 rings (SSSR count). The summed E-state index contributed by atoms with van der Waals surface area (Å²) in [5.41, 5.74) is 2.75. The molecule has 0 saturated carbocycles. The molecule has 0 spiro atoms. The molecule has 0 amide bonds. The molecule has 0 saturated heterocycles. The molecule has 1 atom stereocenters. The van der Waals surface area contributed by atoms with Gasteiger partial charge in [-0.3, -0.25) is 0 Å². The number of fused-ring (bicyclic) bond motifs is 1. The third-order valence-corrected chi connectivity index (χ3v) is 5.03. The summed E-state index contributed by atoms with van der Waals surface area (Å²) < 4.78 is 0. The van der Waals surface area contributed by atoms with E-state index >= 15 is 0 Å². The van der Waals surface area contributed by atoms with E-state index in [1.807, 2.05) is 6.07 Å². The minimum absolute atomic E-state index is 0.0194. The Bertz CT molecular complexity index is 729. The van der Waals surface area contributed by atoms with Gasteiger partial charge in [0.25, 0.3) is 0 Å². The number of aromatic nitrogens is 2. The number of benzene rings is 1. The number of aliphatic hydroxyl groups is 1. The molecule has 5 nitrogen and oxygen atoms in total. The average molecular weight is 340 g/mol. The Morgan fingerprint density at radius 3 is 2.60 bits per heavy atom. The fourth-order valence-corrected chi connectivity index (χ4v) is 3.38. The van der Waals surface area contributed by atoms with Gasteiger partial charge in [-0.2, -0.15) is 4.98 Å². The zero-order chi connectivity index (χ0) is 18.0. The molecule has 0 unspecified atom stereocenters. The molecule has 134 valence electrons. The Morgan fingerprint density at radius 1 is 1.20 bits per heavy atom. The SMILES string of the molecule is CC(C)[C@H](CO)Nc1nccc(N2Cc3ccccc3CC2(C)C)n1. The first-order valence-electron chi connectivity index (χ1n) is 8.95. The first kappa shape index (κ1) is 17.7. The van der Waals surface area contributed by atoms with E-state index in [9.17, 15) is 5.11 Å². The highest BCUT2D eigenvalue weighted by molar-refractivity contribution is 5.50. The summed E-state index contributed by atoms with van der Waals surface area (Å²) in [4.78, 5) is 11.4. The van der Waals surface area contributed by atoms with Gasteiger partial charge >= 0.3 is 0 Å². The maximum atomic E-state index is 9.54. The summed E-state index contributed by atoms with van der Waals surface area (Å²) >= 11 is 0. The second-order valence-corrected chi connectivity index (χ2v) is 7.76. The lowest BCUT2D eigenvalue weighted by atomic mass is 9.85. The van der Waals surface area contributed by atoms with E-state index in [1.54, 1.807) is 6.20 Å². The van der Waals surface area contributed by atoms with Crippen molar-refractivity contribution >= 4 is 11.8 Å². The second kappa shape index (κ2) is 7.00. The van der Waals surface area contributed by atoms with Crippen LogP contribution in [-0.4, -0.2) is 33.3 Å². The predicted molar refractivity (Wildman–Crippen MR) is 102 cm³/mol. The first-order chi connectivity index (χ1) is 11.9. The summed E-state index contributed by atoms with van der Waals surface area (Å²) in [6.45, 7) is 9.55. The van der Waals surface area contributed by atoms with Crippen LogP contribution in [0.4, 0.5) is 11.8 Å². The summed E-state index contributed by atoms with van der Waals surface area (Å²) in [7, 11) is 0. The van der Waals surface area contributed by atoms with Crippen molar-refractivity contribution in [3.63, 3.8) is 0 Å². The normalized spacial score (nSPS) is 17.3. The van der Waals surface area contributed by atoms with Crippen molar-refractivity contribution in [2.75, 3.05) is 16.8 Å². The third-order valence-electron chi connectivity index (χ3n) is 5.03. The Balaban J connectivity index is 1.87. The minimum Gasteiger partial charge on any atom is -0.394 e. The van der Waals surface area contributed by atoms with Crippen LogP contribution in [-0.2, 0) is 13.0 Å². The standard InChI is InChI=1S/C20H28N4O/c1-14(2)17(13-25)22-19-21-10-9-18(23-19)24-12-16-8-6-5-7-15(16)11-20(24,3)4/h5-10,14,17,25H,11-13H2,1-4H3,(H,21,22,23)/t17-/m0/s1. The van der Waals surface area contributed by atoms with E-state index in [1.165, 1.54) is 11.1 Å². The van der Waals surface area contributed by atoms with Crippen LogP contribution in [0.15, 0.2) is 36.5 Å². The van der Waals surface area contributed by atoms with Crippen molar-refractivity contribution in [2.24, 2.45) is 5.92 Å². The van der Waals surface area contributed by atoms with Gasteiger partial charge in [-0.15, -0.1) is 0 Å². The molecule has 1 aliphatic rings. The molecule has 25 heavy (non-hydrogen) atoms. The highest BCUT2D eigenvalue weighted by Crippen LogP contribution is 2.34. The first-order valence-corrected chi connectivity index (χ1v) is 8.95. The molecule has 1 aromatic heterocycles. The van der Waals surface area contributed by atoms with Crippen molar-refractivity contribution in [1.82, 2.24) is 9.97 Å². The second-order valence-electron chi connectivity index (χ2n) is 7.76. The quantitative estimate of drug-likeness (QED) is 0.875. The monoisotopic (exact) mass is 340 g/mol. The molecule has 5 heteroatoms. The van der Waals surface area contributed by atoms with Crippen molar-refractivity contribution in [3.8, 4) is 0 Å². The van der Waals surface area contributed by atoms with Crippen molar-refractivity contribution < 1.29 is 5.11 Å². The summed E-state index contributed by atoms with van der Waals surface area (Å²) in [5.74, 6) is 1.79. The number of hydrogen-bond acceptors (Lipinski definition) is 5. The molecule has 0 aliphatic carbocycles. The third kappa shape index (κ3) is 3.76. The van der Waals surface area contributed by atoms with Crippen LogP contribution in [0, 0.1) is 5.92 Å². The van der Waals surface area contributed by atoms with Gasteiger partial charge in [0.15, 0.2) is 0 Å². The lowest BCUT2D eigenvalue weighted by molar-refractivity contribution is 0.248. The minimum atomic E-state index is -0.0506. The van der Waals surface area contributed by atoms with Crippen LogP contribution in [0.5, 0.6) is 0 Å². The van der Waals surface area contributed by atoms with E-state index < -0.39 is 0 Å². The smallest absolute Gasteiger partial charge is 0.224 e. The molecule has 0 fully saturated rings. The Kier molecular flexibility index (Phi) is 4.95. The highest BCUT2D eigenvalue weighted by atomic mass is 16.3. The lowest BCUT2D eigenvalue weighted by Gasteiger charge is -2.44. The zero-order valence-corrected chi connectivity index (χ0v) is 15.5. The number of nitrogens with zero attached hydrogens (tertiary/aromatic N) is 3. The zero-order valence-electron chi connectivity index (χ0n) is 15.5. The van der Waals surface area contributed by atoms with Crippen molar-refractivity contribution in [1.29, 1.82) is 0 Å². The fraction of sp³-hybridized carbons (Fsp3) is 0.500. The Hall–Kier alpha value is -2.14. The number of rotatable bonds is 5. The summed E-state index contributed by atoms with van der Waals surface area (Å²) in [6, 6.07) is 10.5. The van der Waals surface area contributed by atoms with Crippen molar-refractivity contribution in [2.45, 2.75) is 52.2 Å². The number of hydrogen-bond donors (Lipinski definition) is 2. The highest BCUT2D eigenvalue weighted by Gasteiger charge is 2.33. The fourth-order valence-electron chi connectivity index (χ4n) is 3.38. The van der Waals surface area contributed by atoms with Crippen LogP contribution >= 0.6 is 0 Å². The molecule has 1 aromatic carbocycles. The summed E-state index contributed by atoms with van der Waals surface area (Å²) in [5, 5.41) is 12.8. The van der Waals surface area contributed by atoms with Crippen molar-refractivity contribution in [3.05, 3.63) is 47.7 Å². The largest absolute Gasteiger partial charge is 0.394 e. The van der Waals surface area contributed by atoms with Gasteiger partial charge in [0.1, 0.15) is 5.82 Å². The van der Waals surface area contributed by atoms with E-state index in [-0.39, 0.29) is 18.2 Å². The van der Waals surface area contributed by atoms with E-state index in [0.717, 1.165) is 18.8 Å². The molecule has 2 N–H and O–H groups in total. The Labute approximate surface area is 150 Å². The van der Waals surface area contributed by atoms with Crippen LogP contribution in [0.1, 0.15) is 38.8 Å². The Morgan fingerprint density at radius 2 is 1.92 bits per heavy atom. The maximum absolute atomic E-state index is 9.54. The molecule has 2 heterocycles. The van der Waals surface area contributed by atoms with E-state index in [4.69, 9.17) is 4.98 Å². The maximum Gasteiger partial charge on any atom is 0.224 e. The molecular weight excluding hydrogens is 312 g/mol. The van der Waals surface area contributed by atoms with E-state index in [0.29, 0.717) is 11.9 Å². The van der Waals surface area contributed by atoms with Gasteiger partial charge in [0.2, 0.25) is 5.95 Å². The molecular formula is C20H28N4O. The molecule has 0 bridgehead atoms. The van der Waals surface area contributed by atoms with Gasteiger partial charge in [0.05, 0.1) is 12.6 Å². The molecule has 1 aliphatic heterocycles. The summed E-state index contributed by atoms with van der Waals surface area (Å²) in [6.07, 6.45) is 2.78. The topological polar surface area (TPSA) is 61.3 Å². The number of aliphatic hydroxyl groups excluding tert-OH is 1. The van der Waals surface area contributed by atoms with Crippen LogP contribution in [0.3, 0.4) is 0 Å². The van der Waals surface area contributed by atoms with Gasteiger partial charge in [-0.1, -0.05) is 38.1 Å². The van der Waals surface area contributed by atoms with Gasteiger partial charge in [-0.25, -0.2) is 4.98 Å². The van der Waals surface area contributed by atoms with Gasteiger partial charge in [-0.05, 0) is 43.4 Å². The average Bonchev–Trinajstić information content (AvgIpc) is 2.58. The van der Waals surface area contributed by atoms with Crippen LogP contribution in [0.25, 0.3) is 0 Å².